The fourth-order valence-corrected chi connectivity index (χ4v) is 4.06. The second kappa shape index (κ2) is 8.67. The molecule has 0 saturated carbocycles. The van der Waals surface area contributed by atoms with Crippen LogP contribution in [0.25, 0.3) is 0 Å². The molecule has 0 bridgehead atoms. The quantitative estimate of drug-likeness (QED) is 0.723. The van der Waals surface area contributed by atoms with E-state index in [9.17, 15) is 9.59 Å². The van der Waals surface area contributed by atoms with Crippen molar-refractivity contribution in [2.75, 3.05) is 22.6 Å². The maximum atomic E-state index is 12.6. The summed E-state index contributed by atoms with van der Waals surface area (Å²) in [4.78, 5) is 26.1. The second-order valence-electron chi connectivity index (χ2n) is 6.06. The smallest absolute Gasteiger partial charge is 0.242 e. The van der Waals surface area contributed by atoms with Gasteiger partial charge in [0, 0.05) is 5.69 Å². The van der Waals surface area contributed by atoms with Gasteiger partial charge in [0.1, 0.15) is 16.5 Å². The van der Waals surface area contributed by atoms with Gasteiger partial charge in [-0.3, -0.25) is 14.5 Å². The number of anilines is 2. The number of nitrogens with one attached hydrogen (secondary N) is 1. The lowest BCUT2D eigenvalue weighted by atomic mass is 10.1. The molecule has 1 heterocycles. The lowest BCUT2D eigenvalue weighted by Gasteiger charge is -2.26. The number of ether oxygens (including phenoxy) is 1. The van der Waals surface area contributed by atoms with Gasteiger partial charge in [0.05, 0.1) is 18.0 Å². The lowest BCUT2D eigenvalue weighted by molar-refractivity contribution is -0.116. The third-order valence-electron chi connectivity index (χ3n) is 4.12. The molecule has 5 nitrogen and oxygen atoms in total. The molecule has 0 radical (unpaired) electrons. The van der Waals surface area contributed by atoms with Crippen LogP contribution in [0.3, 0.4) is 0 Å². The average molecular weight is 405 g/mol. The van der Waals surface area contributed by atoms with Gasteiger partial charge in [-0.15, -0.1) is 23.4 Å². The van der Waals surface area contributed by atoms with E-state index in [1.807, 2.05) is 55.5 Å². The van der Waals surface area contributed by atoms with Crippen LogP contribution >= 0.6 is 23.4 Å². The van der Waals surface area contributed by atoms with Crippen LogP contribution in [0.5, 0.6) is 5.75 Å². The third-order valence-corrected chi connectivity index (χ3v) is 5.53. The molecule has 1 aliphatic rings. The van der Waals surface area contributed by atoms with Gasteiger partial charge < -0.3 is 10.1 Å². The van der Waals surface area contributed by atoms with Crippen LogP contribution in [-0.4, -0.2) is 29.6 Å². The van der Waals surface area contributed by atoms with Gasteiger partial charge in [0.2, 0.25) is 11.8 Å². The minimum atomic E-state index is -0.599. The SMILES string of the molecule is CCOc1ccccc1N1C(=O)CS[C@H]1c1ccc(NC(=O)[C@H](C)Cl)cc1. The van der Waals surface area contributed by atoms with Crippen molar-refractivity contribution < 1.29 is 14.3 Å². The molecule has 7 heteroatoms. The maximum Gasteiger partial charge on any atom is 0.242 e. The van der Waals surface area contributed by atoms with E-state index < -0.39 is 5.38 Å². The highest BCUT2D eigenvalue weighted by atomic mass is 35.5. The molecular weight excluding hydrogens is 384 g/mol. The number of hydrogen-bond acceptors (Lipinski definition) is 4. The molecule has 0 aliphatic carbocycles. The number of carbonyl (C=O) groups is 2. The lowest BCUT2D eigenvalue weighted by Crippen LogP contribution is -2.28. The Morgan fingerprint density at radius 2 is 2.00 bits per heavy atom. The Labute approximate surface area is 168 Å². The number of nitrogens with zero attached hydrogens (tertiary/aromatic N) is 1. The van der Waals surface area contributed by atoms with E-state index in [4.69, 9.17) is 16.3 Å². The van der Waals surface area contributed by atoms with Crippen molar-refractivity contribution in [3.8, 4) is 5.75 Å². The predicted octanol–water partition coefficient (Wildman–Crippen LogP) is 4.43. The minimum absolute atomic E-state index is 0.0468. The summed E-state index contributed by atoms with van der Waals surface area (Å²) in [5.41, 5.74) is 2.42. The monoisotopic (exact) mass is 404 g/mol. The van der Waals surface area contributed by atoms with Crippen molar-refractivity contribution >= 4 is 46.6 Å². The molecule has 2 aromatic rings. The van der Waals surface area contributed by atoms with Gasteiger partial charge in [-0.1, -0.05) is 24.3 Å². The van der Waals surface area contributed by atoms with Crippen molar-refractivity contribution in [3.05, 3.63) is 54.1 Å². The van der Waals surface area contributed by atoms with E-state index in [0.29, 0.717) is 23.8 Å². The zero-order chi connectivity index (χ0) is 19.4. The molecule has 3 rings (SSSR count). The summed E-state index contributed by atoms with van der Waals surface area (Å²) < 4.78 is 5.70. The van der Waals surface area contributed by atoms with Crippen LogP contribution in [0, 0.1) is 0 Å². The molecule has 142 valence electrons. The van der Waals surface area contributed by atoms with Gasteiger partial charge in [-0.2, -0.15) is 0 Å². The highest BCUT2D eigenvalue weighted by Crippen LogP contribution is 2.44. The molecule has 27 heavy (non-hydrogen) atoms. The van der Waals surface area contributed by atoms with Crippen LogP contribution in [0.4, 0.5) is 11.4 Å². The molecule has 1 saturated heterocycles. The standard InChI is InChI=1S/C20H21ClN2O3S/c1-3-26-17-7-5-4-6-16(17)23-18(24)12-27-20(23)14-8-10-15(11-9-14)22-19(25)13(2)21/h4-11,13,20H,3,12H2,1-2H3,(H,22,25)/t13-,20-/m0/s1. The summed E-state index contributed by atoms with van der Waals surface area (Å²) in [5.74, 6) is 0.904. The summed E-state index contributed by atoms with van der Waals surface area (Å²) in [7, 11) is 0. The van der Waals surface area contributed by atoms with Crippen LogP contribution < -0.4 is 15.0 Å². The van der Waals surface area contributed by atoms with E-state index in [-0.39, 0.29) is 17.2 Å². The van der Waals surface area contributed by atoms with E-state index in [1.54, 1.807) is 23.6 Å². The number of benzene rings is 2. The van der Waals surface area contributed by atoms with Crippen molar-refractivity contribution in [1.29, 1.82) is 0 Å². The number of alkyl halides is 1. The molecule has 1 aliphatic heterocycles. The number of halogens is 1. The molecule has 2 aromatic carbocycles. The van der Waals surface area contributed by atoms with Crippen molar-refractivity contribution in [1.82, 2.24) is 0 Å². The Bertz CT molecular complexity index is 826. The first-order valence-corrected chi connectivity index (χ1v) is 10.2. The van der Waals surface area contributed by atoms with Crippen LogP contribution in [0.1, 0.15) is 24.8 Å². The normalized spacial score (nSPS) is 17.7. The Kier molecular flexibility index (Phi) is 6.29. The highest BCUT2D eigenvalue weighted by molar-refractivity contribution is 8.00. The largest absolute Gasteiger partial charge is 0.492 e. The summed E-state index contributed by atoms with van der Waals surface area (Å²) >= 11 is 7.36. The van der Waals surface area contributed by atoms with Gasteiger partial charge >= 0.3 is 0 Å². The van der Waals surface area contributed by atoms with Crippen LogP contribution in [-0.2, 0) is 9.59 Å². The topological polar surface area (TPSA) is 58.6 Å². The van der Waals surface area contributed by atoms with E-state index in [1.165, 1.54) is 0 Å². The average Bonchev–Trinajstić information content (AvgIpc) is 3.04. The van der Waals surface area contributed by atoms with Gasteiger partial charge in [0.15, 0.2) is 0 Å². The second-order valence-corrected chi connectivity index (χ2v) is 7.78. The van der Waals surface area contributed by atoms with E-state index in [0.717, 1.165) is 11.3 Å². The highest BCUT2D eigenvalue weighted by Gasteiger charge is 2.35. The molecule has 2 atom stereocenters. The predicted molar refractivity (Wildman–Crippen MR) is 111 cm³/mol. The molecule has 0 unspecified atom stereocenters. The summed E-state index contributed by atoms with van der Waals surface area (Å²) in [6.45, 7) is 4.08. The van der Waals surface area contributed by atoms with Crippen molar-refractivity contribution in [3.63, 3.8) is 0 Å². The molecule has 2 amide bonds. The Morgan fingerprint density at radius 1 is 1.30 bits per heavy atom. The zero-order valence-corrected chi connectivity index (χ0v) is 16.7. The number of thioether (sulfide) groups is 1. The first kappa shape index (κ1) is 19.6. The first-order chi connectivity index (χ1) is 13.0. The van der Waals surface area contributed by atoms with Gasteiger partial charge in [0.25, 0.3) is 0 Å². The Morgan fingerprint density at radius 3 is 2.67 bits per heavy atom. The third kappa shape index (κ3) is 4.39. The maximum absolute atomic E-state index is 12.6. The zero-order valence-electron chi connectivity index (χ0n) is 15.1. The first-order valence-electron chi connectivity index (χ1n) is 8.71. The Balaban J connectivity index is 1.85. The summed E-state index contributed by atoms with van der Waals surface area (Å²) in [6.07, 6.45) is 0. The molecule has 0 aromatic heterocycles. The molecule has 1 N–H and O–H groups in total. The van der Waals surface area contributed by atoms with Gasteiger partial charge in [-0.05, 0) is 43.7 Å². The fraction of sp³-hybridized carbons (Fsp3) is 0.300. The summed E-state index contributed by atoms with van der Waals surface area (Å²) in [6, 6.07) is 15.0. The number of hydrogen-bond donors (Lipinski definition) is 1. The van der Waals surface area contributed by atoms with E-state index >= 15 is 0 Å². The number of para-hydroxylation sites is 2. The molecule has 1 fully saturated rings. The van der Waals surface area contributed by atoms with Gasteiger partial charge in [-0.25, -0.2) is 0 Å². The number of amides is 2. The number of carbonyl (C=O) groups excluding carboxylic acids is 2. The number of rotatable bonds is 6. The Hall–Kier alpha value is -2.18. The molecule has 0 spiro atoms. The van der Waals surface area contributed by atoms with Crippen molar-refractivity contribution in [2.24, 2.45) is 0 Å². The minimum Gasteiger partial charge on any atom is -0.492 e. The van der Waals surface area contributed by atoms with Crippen LogP contribution in [0.2, 0.25) is 0 Å². The fourth-order valence-electron chi connectivity index (χ4n) is 2.84. The van der Waals surface area contributed by atoms with E-state index in [2.05, 4.69) is 5.32 Å². The van der Waals surface area contributed by atoms with Crippen molar-refractivity contribution in [2.45, 2.75) is 24.6 Å². The molecular formula is C20H21ClN2O3S. The summed E-state index contributed by atoms with van der Waals surface area (Å²) in [5, 5.41) is 2.02. The van der Waals surface area contributed by atoms with Crippen LogP contribution in [0.15, 0.2) is 48.5 Å².